The summed E-state index contributed by atoms with van der Waals surface area (Å²) < 4.78 is 31.4. The predicted molar refractivity (Wildman–Crippen MR) is 96.8 cm³/mol. The number of nitrogens with two attached hydrogens (primary N) is 1. The Morgan fingerprint density at radius 3 is 1.33 bits per heavy atom. The maximum atomic E-state index is 13.3. The van der Waals surface area contributed by atoms with Crippen LogP contribution in [0.4, 0.5) is 0 Å². The Hall–Kier alpha value is 0.260. The van der Waals surface area contributed by atoms with E-state index in [0.717, 1.165) is 0 Å². The van der Waals surface area contributed by atoms with Crippen molar-refractivity contribution in [3.8, 4) is 0 Å². The van der Waals surface area contributed by atoms with E-state index in [0.29, 0.717) is 0 Å². The number of hydrogen-bond acceptors (Lipinski definition) is 4. The first-order chi connectivity index (χ1) is 10.5. The monoisotopic (exact) mass is 387 g/mol. The molecule has 0 heterocycles. The Bertz CT molecular complexity index is 496. The topological polar surface area (TPSA) is 130 Å². The van der Waals surface area contributed by atoms with Crippen LogP contribution < -0.4 is 5.73 Å². The first kappa shape index (κ1) is 24.3. The van der Waals surface area contributed by atoms with E-state index < -0.39 is 37.5 Å². The van der Waals surface area contributed by atoms with Gasteiger partial charge in [-0.2, -0.15) is 0 Å². The van der Waals surface area contributed by atoms with Crippen LogP contribution in [-0.4, -0.2) is 31.7 Å². The fourth-order valence-corrected chi connectivity index (χ4v) is 9.04. The Morgan fingerprint density at radius 2 is 1.17 bits per heavy atom. The van der Waals surface area contributed by atoms with E-state index in [4.69, 9.17) is 10.3 Å². The molecule has 24 heavy (non-hydrogen) atoms. The number of rotatable bonds is 9. The van der Waals surface area contributed by atoms with Crippen molar-refractivity contribution < 1.29 is 28.3 Å². The molecule has 0 aromatic rings. The van der Waals surface area contributed by atoms with Crippen LogP contribution in [0.25, 0.3) is 0 Å². The van der Waals surface area contributed by atoms with E-state index in [2.05, 4.69) is 0 Å². The van der Waals surface area contributed by atoms with Gasteiger partial charge in [-0.1, -0.05) is 55.4 Å². The molecule has 0 bridgehead atoms. The third-order valence-corrected chi connectivity index (χ3v) is 11.2. The van der Waals surface area contributed by atoms with Gasteiger partial charge in [-0.15, -0.1) is 0 Å². The summed E-state index contributed by atoms with van der Waals surface area (Å²) >= 11 is 0. The van der Waals surface area contributed by atoms with Crippen LogP contribution in [0.3, 0.4) is 0 Å². The summed E-state index contributed by atoms with van der Waals surface area (Å²) in [6, 6.07) is 0. The molecule has 0 fully saturated rings. The molecule has 0 aliphatic rings. The van der Waals surface area contributed by atoms with Gasteiger partial charge in [-0.05, 0) is 23.7 Å². The van der Waals surface area contributed by atoms with Gasteiger partial charge in [0.2, 0.25) is 0 Å². The lowest BCUT2D eigenvalue weighted by molar-refractivity contribution is -0.0264. The molecule has 0 amide bonds. The van der Waals surface area contributed by atoms with Gasteiger partial charge in [0.05, 0.1) is 5.60 Å². The Labute approximate surface area is 146 Å². The molecular formula is C15H35NO6P2. The molecule has 1 atom stereocenters. The lowest BCUT2D eigenvalue weighted by atomic mass is 9.80. The fourth-order valence-electron chi connectivity index (χ4n) is 3.85. The van der Waals surface area contributed by atoms with Crippen LogP contribution in [0.15, 0.2) is 0 Å². The van der Waals surface area contributed by atoms with Crippen LogP contribution >= 0.6 is 15.2 Å². The van der Waals surface area contributed by atoms with E-state index in [-0.39, 0.29) is 18.4 Å². The highest BCUT2D eigenvalue weighted by Crippen LogP contribution is 2.78. The molecule has 7 nitrogen and oxygen atoms in total. The van der Waals surface area contributed by atoms with E-state index in [9.17, 15) is 23.8 Å². The van der Waals surface area contributed by atoms with Crippen LogP contribution in [0.5, 0.6) is 0 Å². The highest BCUT2D eigenvalue weighted by molar-refractivity contribution is 7.73. The summed E-state index contributed by atoms with van der Waals surface area (Å²) in [5, 5.41) is 0. The molecule has 0 aliphatic carbocycles. The molecule has 9 heteroatoms. The van der Waals surface area contributed by atoms with Crippen molar-refractivity contribution in [2.45, 2.75) is 65.9 Å². The molecule has 0 saturated carbocycles. The van der Waals surface area contributed by atoms with Crippen molar-refractivity contribution in [2.24, 2.45) is 29.4 Å². The van der Waals surface area contributed by atoms with Crippen LogP contribution in [0.2, 0.25) is 0 Å². The third-order valence-electron chi connectivity index (χ3n) is 5.19. The van der Waals surface area contributed by atoms with E-state index in [1.807, 2.05) is 27.7 Å². The van der Waals surface area contributed by atoms with Gasteiger partial charge in [0.25, 0.3) is 0 Å². The van der Waals surface area contributed by atoms with Crippen LogP contribution in [0, 0.1) is 23.7 Å². The fraction of sp³-hybridized carbons (Fsp3) is 1.00. The summed E-state index contributed by atoms with van der Waals surface area (Å²) in [6.07, 6.45) is 0. The average Bonchev–Trinajstić information content (AvgIpc) is 2.32. The van der Waals surface area contributed by atoms with Gasteiger partial charge in [-0.3, -0.25) is 13.7 Å². The molecule has 0 spiro atoms. The SMILES string of the molecule is CC(C)C(CN)(OP(=O)(O)C(C(C)C)(C(C)C)P(=O)(O)O)C(C)C. The summed E-state index contributed by atoms with van der Waals surface area (Å²) in [5.41, 5.74) is 4.71. The smallest absolute Gasteiger partial charge is 0.328 e. The Kier molecular flexibility index (Phi) is 7.96. The van der Waals surface area contributed by atoms with Crippen molar-refractivity contribution in [1.82, 2.24) is 0 Å². The molecule has 0 aromatic carbocycles. The second-order valence-corrected chi connectivity index (χ2v) is 11.9. The zero-order valence-corrected chi connectivity index (χ0v) is 17.8. The Morgan fingerprint density at radius 1 is 0.833 bits per heavy atom. The van der Waals surface area contributed by atoms with Crippen LogP contribution in [-0.2, 0) is 13.7 Å². The van der Waals surface area contributed by atoms with Gasteiger partial charge < -0.3 is 20.4 Å². The molecule has 1 unspecified atom stereocenters. The first-order valence-electron chi connectivity index (χ1n) is 8.33. The average molecular weight is 387 g/mol. The predicted octanol–water partition coefficient (Wildman–Crippen LogP) is 3.38. The second kappa shape index (κ2) is 7.87. The Balaban J connectivity index is 6.53. The highest BCUT2D eigenvalue weighted by Gasteiger charge is 2.67. The van der Waals surface area contributed by atoms with Gasteiger partial charge in [0.1, 0.15) is 0 Å². The van der Waals surface area contributed by atoms with Crippen molar-refractivity contribution in [1.29, 1.82) is 0 Å². The number of hydrogen-bond donors (Lipinski definition) is 4. The minimum Gasteiger partial charge on any atom is -0.328 e. The first-order valence-corrected chi connectivity index (χ1v) is 11.5. The lowest BCUT2D eigenvalue weighted by Gasteiger charge is -2.48. The largest absolute Gasteiger partial charge is 0.347 e. The molecule has 0 saturated heterocycles. The van der Waals surface area contributed by atoms with Gasteiger partial charge >= 0.3 is 15.2 Å². The van der Waals surface area contributed by atoms with E-state index in [1.54, 1.807) is 0 Å². The molecular weight excluding hydrogens is 352 g/mol. The van der Waals surface area contributed by atoms with Crippen molar-refractivity contribution in [3.63, 3.8) is 0 Å². The molecule has 146 valence electrons. The molecule has 0 aliphatic heterocycles. The quantitative estimate of drug-likeness (QED) is 0.446. The molecule has 0 rings (SSSR count). The third kappa shape index (κ3) is 3.83. The highest BCUT2D eigenvalue weighted by atomic mass is 31.2. The van der Waals surface area contributed by atoms with Gasteiger partial charge in [0, 0.05) is 6.54 Å². The zero-order valence-electron chi connectivity index (χ0n) is 16.1. The van der Waals surface area contributed by atoms with E-state index in [1.165, 1.54) is 27.7 Å². The van der Waals surface area contributed by atoms with Gasteiger partial charge in [0.15, 0.2) is 4.90 Å². The van der Waals surface area contributed by atoms with E-state index >= 15 is 0 Å². The summed E-state index contributed by atoms with van der Waals surface area (Å²) in [5.74, 6) is -1.97. The zero-order chi connectivity index (χ0) is 19.7. The maximum absolute atomic E-state index is 13.3. The maximum Gasteiger partial charge on any atom is 0.347 e. The normalized spacial score (nSPS) is 17.2. The summed E-state index contributed by atoms with van der Waals surface area (Å²) in [4.78, 5) is 28.7. The minimum absolute atomic E-state index is 0.0275. The standard InChI is InChI=1S/C15H35NO6P2/c1-10(2)14(9-16,11(3)4)22-24(20,21)15(12(5)6,13(7)8)23(17,18)19/h10-13H,9,16H2,1-8H3,(H,20,21)(H2,17,18,19). The van der Waals surface area contributed by atoms with Crippen molar-refractivity contribution >= 4 is 15.2 Å². The summed E-state index contributed by atoms with van der Waals surface area (Å²) in [7, 11) is -9.73. The molecule has 5 N–H and O–H groups in total. The van der Waals surface area contributed by atoms with Crippen molar-refractivity contribution in [3.05, 3.63) is 0 Å². The lowest BCUT2D eigenvalue weighted by Crippen LogP contribution is -2.52. The summed E-state index contributed by atoms with van der Waals surface area (Å²) in [6.45, 7) is 13.3. The van der Waals surface area contributed by atoms with Gasteiger partial charge in [-0.25, -0.2) is 0 Å². The molecule has 0 aromatic heterocycles. The van der Waals surface area contributed by atoms with Crippen molar-refractivity contribution in [2.75, 3.05) is 6.54 Å². The minimum atomic E-state index is -4.98. The van der Waals surface area contributed by atoms with Crippen LogP contribution in [0.1, 0.15) is 55.4 Å². The second-order valence-electron chi connectivity index (χ2n) is 7.72. The molecule has 0 radical (unpaired) electrons.